The van der Waals surface area contributed by atoms with E-state index in [1.807, 2.05) is 18.2 Å². The van der Waals surface area contributed by atoms with Gasteiger partial charge in [0.25, 0.3) is 0 Å². The summed E-state index contributed by atoms with van der Waals surface area (Å²) < 4.78 is 2.25. The van der Waals surface area contributed by atoms with Crippen molar-refractivity contribution in [3.05, 3.63) is 32.3 Å². The van der Waals surface area contributed by atoms with Crippen LogP contribution in [0.1, 0.15) is 0 Å². The zero-order chi connectivity index (χ0) is 5.98. The van der Waals surface area contributed by atoms with Crippen LogP contribution in [0.15, 0.2) is 22.7 Å². The van der Waals surface area contributed by atoms with E-state index < -0.39 is 0 Å². The maximum atomic E-state index is 3.34. The van der Waals surface area contributed by atoms with Crippen LogP contribution in [0.3, 0.4) is 0 Å². The molecule has 0 aromatic heterocycles. The van der Waals surface area contributed by atoms with Gasteiger partial charge in [0.05, 0.1) is 0 Å². The average Bonchev–Trinajstić information content (AvgIpc) is 1.64. The van der Waals surface area contributed by atoms with E-state index in [2.05, 4.69) is 44.6 Å². The Kier molecular flexibility index (Phi) is 2.31. The van der Waals surface area contributed by atoms with Crippen LogP contribution in [-0.2, 0) is 0 Å². The second-order valence-electron chi connectivity index (χ2n) is 1.35. The molecule has 0 fully saturated rings. The van der Waals surface area contributed by atoms with Crippen LogP contribution in [0.4, 0.5) is 0 Å². The molecule has 0 saturated heterocycles. The van der Waals surface area contributed by atoms with Gasteiger partial charge >= 0.3 is 0 Å². The van der Waals surface area contributed by atoms with Crippen molar-refractivity contribution in [2.75, 3.05) is 0 Å². The molecule has 0 saturated carbocycles. The molecule has 0 aliphatic rings. The molecule has 1 rings (SSSR count). The van der Waals surface area contributed by atoms with Crippen LogP contribution in [0.25, 0.3) is 0 Å². The van der Waals surface area contributed by atoms with Crippen LogP contribution in [0.5, 0.6) is 0 Å². The summed E-state index contributed by atoms with van der Waals surface area (Å²) in [4.78, 5) is 0. The highest BCUT2D eigenvalue weighted by Crippen LogP contribution is 2.11. The molecule has 8 heavy (non-hydrogen) atoms. The van der Waals surface area contributed by atoms with Crippen LogP contribution >= 0.6 is 38.5 Å². The van der Waals surface area contributed by atoms with Gasteiger partial charge < -0.3 is 0 Å². The van der Waals surface area contributed by atoms with E-state index in [1.165, 1.54) is 0 Å². The lowest BCUT2D eigenvalue weighted by Gasteiger charge is -1.86. The Morgan fingerprint density at radius 1 is 1.62 bits per heavy atom. The van der Waals surface area contributed by atoms with Crippen molar-refractivity contribution >= 4 is 38.5 Å². The minimum atomic E-state index is 1.11. The maximum absolute atomic E-state index is 3.34. The van der Waals surface area contributed by atoms with Crippen LogP contribution in [-0.4, -0.2) is 0 Å². The number of hydrogen-bond donors (Lipinski definition) is 0. The molecule has 0 aliphatic carbocycles. The lowest BCUT2D eigenvalue weighted by molar-refractivity contribution is 1.58. The second kappa shape index (κ2) is 2.82. The van der Waals surface area contributed by atoms with E-state index in [0.29, 0.717) is 0 Å². The summed E-state index contributed by atoms with van der Waals surface area (Å²) in [6.07, 6.45) is 0. The number of hydrogen-bond acceptors (Lipinski definition) is 0. The van der Waals surface area contributed by atoms with E-state index in [9.17, 15) is 0 Å². The molecule has 2 heteroatoms. The fourth-order valence-corrected chi connectivity index (χ4v) is 1.72. The van der Waals surface area contributed by atoms with Crippen LogP contribution in [0, 0.1) is 9.64 Å². The standard InChI is InChI=1S/C6H3BrI/c7-5-2-1-3-6(8)4-5/h1-2,4H. The van der Waals surface area contributed by atoms with Gasteiger partial charge in [-0.3, -0.25) is 0 Å². The van der Waals surface area contributed by atoms with Gasteiger partial charge in [0.15, 0.2) is 0 Å². The highest BCUT2D eigenvalue weighted by atomic mass is 127. The molecule has 0 bridgehead atoms. The molecule has 1 aromatic carbocycles. The summed E-state index contributed by atoms with van der Waals surface area (Å²) in [5, 5.41) is 0. The van der Waals surface area contributed by atoms with Crippen molar-refractivity contribution in [1.29, 1.82) is 0 Å². The van der Waals surface area contributed by atoms with Crippen LogP contribution in [0.2, 0.25) is 0 Å². The first-order valence-electron chi connectivity index (χ1n) is 2.12. The summed E-state index contributed by atoms with van der Waals surface area (Å²) >= 11 is 5.56. The Morgan fingerprint density at radius 2 is 2.38 bits per heavy atom. The first-order valence-corrected chi connectivity index (χ1v) is 3.99. The van der Waals surface area contributed by atoms with E-state index in [4.69, 9.17) is 0 Å². The van der Waals surface area contributed by atoms with E-state index in [-0.39, 0.29) is 0 Å². The number of rotatable bonds is 0. The average molecular weight is 282 g/mol. The quantitative estimate of drug-likeness (QED) is 0.642. The van der Waals surface area contributed by atoms with Gasteiger partial charge in [-0.1, -0.05) is 22.0 Å². The SMILES string of the molecule is Brc1cc[c]c(I)c1. The van der Waals surface area contributed by atoms with Crippen molar-refractivity contribution in [2.24, 2.45) is 0 Å². The fourth-order valence-electron chi connectivity index (χ4n) is 0.412. The van der Waals surface area contributed by atoms with Crippen molar-refractivity contribution in [2.45, 2.75) is 0 Å². The lowest BCUT2D eigenvalue weighted by Crippen LogP contribution is -1.67. The molecule has 0 nitrogen and oxygen atoms in total. The third-order valence-corrected chi connectivity index (χ3v) is 1.84. The molecule has 41 valence electrons. The molecule has 0 spiro atoms. The normalized spacial score (nSPS) is 9.25. The molecule has 0 aliphatic heterocycles. The van der Waals surface area contributed by atoms with Crippen molar-refractivity contribution in [3.8, 4) is 0 Å². The van der Waals surface area contributed by atoms with E-state index in [0.717, 1.165) is 8.04 Å². The molecule has 1 aromatic rings. The summed E-state index contributed by atoms with van der Waals surface area (Å²) in [7, 11) is 0. The fraction of sp³-hybridized carbons (Fsp3) is 0. The molecule has 1 radical (unpaired) electrons. The molecular weight excluding hydrogens is 279 g/mol. The molecule has 0 unspecified atom stereocenters. The van der Waals surface area contributed by atoms with Gasteiger partial charge in [-0.25, -0.2) is 0 Å². The largest absolute Gasteiger partial charge is 0.0522 e. The predicted octanol–water partition coefficient (Wildman–Crippen LogP) is 2.85. The zero-order valence-electron chi connectivity index (χ0n) is 3.99. The Balaban J connectivity index is 3.08. The lowest BCUT2D eigenvalue weighted by atomic mass is 10.4. The zero-order valence-corrected chi connectivity index (χ0v) is 7.73. The van der Waals surface area contributed by atoms with Crippen molar-refractivity contribution in [1.82, 2.24) is 0 Å². The third kappa shape index (κ3) is 1.74. The van der Waals surface area contributed by atoms with Gasteiger partial charge in [-0.2, -0.15) is 0 Å². The summed E-state index contributed by atoms with van der Waals surface area (Å²) in [5.41, 5.74) is 0. The topological polar surface area (TPSA) is 0 Å². The van der Waals surface area contributed by atoms with Gasteiger partial charge in [0.2, 0.25) is 0 Å². The second-order valence-corrected chi connectivity index (χ2v) is 3.43. The minimum absolute atomic E-state index is 1.11. The maximum Gasteiger partial charge on any atom is 0.0220 e. The highest BCUT2D eigenvalue weighted by Gasteiger charge is 1.84. The molecule has 0 atom stereocenters. The minimum Gasteiger partial charge on any atom is -0.0522 e. The van der Waals surface area contributed by atoms with Crippen LogP contribution < -0.4 is 0 Å². The van der Waals surface area contributed by atoms with Gasteiger partial charge in [-0.15, -0.1) is 0 Å². The predicted molar refractivity (Wildman–Crippen MR) is 45.7 cm³/mol. The Bertz CT molecular complexity index is 168. The van der Waals surface area contributed by atoms with E-state index in [1.54, 1.807) is 0 Å². The number of benzene rings is 1. The number of halogens is 2. The monoisotopic (exact) mass is 281 g/mol. The first kappa shape index (κ1) is 6.55. The smallest absolute Gasteiger partial charge is 0.0220 e. The Morgan fingerprint density at radius 3 is 2.75 bits per heavy atom. The summed E-state index contributed by atoms with van der Waals surface area (Å²) in [5.74, 6) is 0. The Hall–Kier alpha value is 0.430. The summed E-state index contributed by atoms with van der Waals surface area (Å²) in [6, 6.07) is 8.90. The Labute approximate surface area is 70.6 Å². The molecule has 0 amide bonds. The summed E-state index contributed by atoms with van der Waals surface area (Å²) in [6.45, 7) is 0. The van der Waals surface area contributed by atoms with Crippen molar-refractivity contribution < 1.29 is 0 Å². The molecule has 0 N–H and O–H groups in total. The molecule has 0 heterocycles. The van der Waals surface area contributed by atoms with Gasteiger partial charge in [0, 0.05) is 8.04 Å². The highest BCUT2D eigenvalue weighted by molar-refractivity contribution is 14.1. The third-order valence-electron chi connectivity index (χ3n) is 0.728. The van der Waals surface area contributed by atoms with Crippen molar-refractivity contribution in [3.63, 3.8) is 0 Å². The molecular formula is C6H3BrI. The van der Waals surface area contributed by atoms with E-state index >= 15 is 0 Å². The van der Waals surface area contributed by atoms with Gasteiger partial charge in [0.1, 0.15) is 0 Å². The first-order chi connectivity index (χ1) is 3.79. The van der Waals surface area contributed by atoms with Gasteiger partial charge in [-0.05, 0) is 40.8 Å².